The third-order valence-electron chi connectivity index (χ3n) is 4.21. The van der Waals surface area contributed by atoms with Crippen molar-refractivity contribution in [3.8, 4) is 0 Å². The van der Waals surface area contributed by atoms with Gasteiger partial charge >= 0.3 is 5.97 Å². The maximum atomic E-state index is 13.5. The summed E-state index contributed by atoms with van der Waals surface area (Å²) in [6, 6.07) is 3.95. The molecule has 0 aliphatic heterocycles. The largest absolute Gasteiger partial charge is 0.479 e. The Labute approximate surface area is 127 Å². The lowest BCUT2D eigenvalue weighted by atomic mass is 9.80. The minimum Gasteiger partial charge on any atom is -0.479 e. The first-order valence-corrected chi connectivity index (χ1v) is 7.23. The number of halogens is 2. The number of benzene rings is 1. The molecule has 0 aromatic heterocycles. The molecule has 0 bridgehead atoms. The maximum absolute atomic E-state index is 13.5. The lowest BCUT2D eigenvalue weighted by Gasteiger charge is -2.41. The summed E-state index contributed by atoms with van der Waals surface area (Å²) in [5.74, 6) is -2.28. The minimum atomic E-state index is -1.23. The van der Waals surface area contributed by atoms with Crippen molar-refractivity contribution in [3.05, 3.63) is 34.6 Å². The highest BCUT2D eigenvalue weighted by Crippen LogP contribution is 2.35. The van der Waals surface area contributed by atoms with E-state index < -0.39 is 23.2 Å². The van der Waals surface area contributed by atoms with Crippen LogP contribution in [0.4, 0.5) is 4.39 Å². The number of aliphatic carboxylic acids is 1. The molecule has 2 rings (SSSR count). The summed E-state index contributed by atoms with van der Waals surface area (Å²) in [6.07, 6.45) is 3.26. The highest BCUT2D eigenvalue weighted by Gasteiger charge is 2.45. The number of likely N-dealkylation sites (N-methyl/N-ethyl adjacent to an activating group) is 1. The van der Waals surface area contributed by atoms with Crippen molar-refractivity contribution in [3.63, 3.8) is 0 Å². The molecule has 0 unspecified atom stereocenters. The van der Waals surface area contributed by atoms with Gasteiger partial charge in [-0.2, -0.15) is 0 Å². The zero-order valence-electron chi connectivity index (χ0n) is 11.7. The van der Waals surface area contributed by atoms with Gasteiger partial charge in [0, 0.05) is 7.05 Å². The van der Waals surface area contributed by atoms with E-state index in [1.165, 1.54) is 24.1 Å². The molecule has 1 aliphatic carbocycles. The van der Waals surface area contributed by atoms with Gasteiger partial charge in [-0.1, -0.05) is 36.9 Å². The van der Waals surface area contributed by atoms with Gasteiger partial charge in [-0.3, -0.25) is 4.79 Å². The molecule has 0 atom stereocenters. The second kappa shape index (κ2) is 6.02. The molecular weight excluding hydrogens is 297 g/mol. The molecule has 1 saturated carbocycles. The summed E-state index contributed by atoms with van der Waals surface area (Å²) >= 11 is 5.83. The third-order valence-corrected chi connectivity index (χ3v) is 4.59. The Morgan fingerprint density at radius 2 is 1.90 bits per heavy atom. The zero-order valence-corrected chi connectivity index (χ0v) is 12.5. The Morgan fingerprint density at radius 3 is 2.48 bits per heavy atom. The number of hydrogen-bond acceptors (Lipinski definition) is 2. The average Bonchev–Trinajstić information content (AvgIpc) is 2.49. The van der Waals surface area contributed by atoms with Gasteiger partial charge in [0.25, 0.3) is 5.91 Å². The van der Waals surface area contributed by atoms with E-state index in [9.17, 15) is 19.1 Å². The highest BCUT2D eigenvalue weighted by atomic mass is 35.5. The number of carbonyl (C=O) groups excluding carboxylic acids is 1. The average molecular weight is 314 g/mol. The Hall–Kier alpha value is -1.62. The van der Waals surface area contributed by atoms with E-state index in [1.807, 2.05) is 0 Å². The van der Waals surface area contributed by atoms with Crippen molar-refractivity contribution in [1.82, 2.24) is 4.90 Å². The van der Waals surface area contributed by atoms with Crippen LogP contribution in [-0.4, -0.2) is 34.5 Å². The van der Waals surface area contributed by atoms with Crippen molar-refractivity contribution in [2.24, 2.45) is 0 Å². The summed E-state index contributed by atoms with van der Waals surface area (Å²) in [7, 11) is 1.45. The Kier molecular flexibility index (Phi) is 4.52. The molecule has 0 saturated heterocycles. The van der Waals surface area contributed by atoms with Crippen molar-refractivity contribution in [2.45, 2.75) is 37.6 Å². The lowest BCUT2D eigenvalue weighted by Crippen LogP contribution is -2.56. The highest BCUT2D eigenvalue weighted by molar-refractivity contribution is 6.34. The van der Waals surface area contributed by atoms with Gasteiger partial charge in [-0.15, -0.1) is 0 Å². The molecule has 1 N–H and O–H groups in total. The number of nitrogens with zero attached hydrogens (tertiary/aromatic N) is 1. The molecule has 1 amide bonds. The number of hydrogen-bond donors (Lipinski definition) is 1. The van der Waals surface area contributed by atoms with Gasteiger partial charge in [0.15, 0.2) is 0 Å². The summed E-state index contributed by atoms with van der Waals surface area (Å²) in [5, 5.41) is 9.31. The Bertz CT molecular complexity index is 570. The SMILES string of the molecule is CN(C(=O)c1cccc(F)c1Cl)C1(C(=O)O)CCCCC1. The first-order valence-electron chi connectivity index (χ1n) is 6.86. The van der Waals surface area contributed by atoms with Gasteiger partial charge in [0.1, 0.15) is 11.4 Å². The van der Waals surface area contributed by atoms with Crippen molar-refractivity contribution in [2.75, 3.05) is 7.05 Å². The van der Waals surface area contributed by atoms with E-state index in [0.29, 0.717) is 12.8 Å². The van der Waals surface area contributed by atoms with Crippen LogP contribution in [0.1, 0.15) is 42.5 Å². The van der Waals surface area contributed by atoms with Gasteiger partial charge in [-0.05, 0) is 25.0 Å². The van der Waals surface area contributed by atoms with Crippen LogP contribution in [0.15, 0.2) is 18.2 Å². The fourth-order valence-corrected chi connectivity index (χ4v) is 3.08. The van der Waals surface area contributed by atoms with Crippen LogP contribution >= 0.6 is 11.6 Å². The van der Waals surface area contributed by atoms with Crippen LogP contribution in [0.5, 0.6) is 0 Å². The van der Waals surface area contributed by atoms with Gasteiger partial charge in [0.05, 0.1) is 10.6 Å². The minimum absolute atomic E-state index is 0.00892. The van der Waals surface area contributed by atoms with E-state index >= 15 is 0 Å². The summed E-state index contributed by atoms with van der Waals surface area (Å²) in [6.45, 7) is 0. The number of amides is 1. The maximum Gasteiger partial charge on any atom is 0.329 e. The molecule has 1 aromatic rings. The Morgan fingerprint density at radius 1 is 1.29 bits per heavy atom. The third kappa shape index (κ3) is 2.75. The fourth-order valence-electron chi connectivity index (χ4n) is 2.87. The lowest BCUT2D eigenvalue weighted by molar-refractivity contribution is -0.151. The molecule has 0 radical (unpaired) electrons. The fraction of sp³-hybridized carbons (Fsp3) is 0.467. The van der Waals surface area contributed by atoms with E-state index in [4.69, 9.17) is 11.6 Å². The predicted octanol–water partition coefficient (Wildman–Crippen LogP) is 3.34. The van der Waals surface area contributed by atoms with E-state index in [0.717, 1.165) is 25.3 Å². The summed E-state index contributed by atoms with van der Waals surface area (Å²) in [5.41, 5.74) is -1.24. The number of rotatable bonds is 3. The molecule has 1 aromatic carbocycles. The van der Waals surface area contributed by atoms with Crippen LogP contribution in [0.3, 0.4) is 0 Å². The molecule has 4 nitrogen and oxygen atoms in total. The molecule has 1 aliphatic rings. The molecule has 6 heteroatoms. The summed E-state index contributed by atoms with van der Waals surface area (Å²) in [4.78, 5) is 25.4. The zero-order chi connectivity index (χ0) is 15.6. The second-order valence-electron chi connectivity index (χ2n) is 5.36. The second-order valence-corrected chi connectivity index (χ2v) is 5.74. The van der Waals surface area contributed by atoms with Crippen LogP contribution in [0.25, 0.3) is 0 Å². The molecule has 0 heterocycles. The first-order chi connectivity index (χ1) is 9.90. The number of carbonyl (C=O) groups is 2. The molecule has 1 fully saturated rings. The smallest absolute Gasteiger partial charge is 0.329 e. The van der Waals surface area contributed by atoms with E-state index in [2.05, 4.69) is 0 Å². The van der Waals surface area contributed by atoms with Crippen molar-refractivity contribution < 1.29 is 19.1 Å². The van der Waals surface area contributed by atoms with Crippen LogP contribution in [0, 0.1) is 5.82 Å². The molecular formula is C15H17ClFNO3. The molecule has 0 spiro atoms. The van der Waals surface area contributed by atoms with Crippen molar-refractivity contribution in [1.29, 1.82) is 0 Å². The van der Waals surface area contributed by atoms with Gasteiger partial charge in [-0.25, -0.2) is 9.18 Å². The Balaban J connectivity index is 2.37. The van der Waals surface area contributed by atoms with Crippen molar-refractivity contribution >= 4 is 23.5 Å². The normalized spacial score (nSPS) is 17.3. The van der Waals surface area contributed by atoms with Gasteiger partial charge < -0.3 is 10.0 Å². The summed E-state index contributed by atoms with van der Waals surface area (Å²) < 4.78 is 13.5. The predicted molar refractivity (Wildman–Crippen MR) is 77.0 cm³/mol. The van der Waals surface area contributed by atoms with Gasteiger partial charge in [0.2, 0.25) is 0 Å². The van der Waals surface area contributed by atoms with Crippen LogP contribution in [-0.2, 0) is 4.79 Å². The number of carboxylic acids is 1. The van der Waals surface area contributed by atoms with E-state index in [-0.39, 0.29) is 10.6 Å². The monoisotopic (exact) mass is 313 g/mol. The molecule has 114 valence electrons. The quantitative estimate of drug-likeness (QED) is 0.931. The molecule has 21 heavy (non-hydrogen) atoms. The first kappa shape index (κ1) is 15.8. The number of carboxylic acid groups (broad SMARTS) is 1. The van der Waals surface area contributed by atoms with E-state index in [1.54, 1.807) is 0 Å². The van der Waals surface area contributed by atoms with Crippen LogP contribution < -0.4 is 0 Å². The standard InChI is InChI=1S/C15H17ClFNO3/c1-18(15(14(20)21)8-3-2-4-9-15)13(19)10-6-5-7-11(17)12(10)16/h5-7H,2-4,8-9H2,1H3,(H,20,21). The van der Waals surface area contributed by atoms with Crippen LogP contribution in [0.2, 0.25) is 5.02 Å². The topological polar surface area (TPSA) is 57.6 Å².